The molecule has 0 saturated carbocycles. The maximum Gasteiger partial charge on any atom is 0.270 e. The van der Waals surface area contributed by atoms with Crippen LogP contribution in [0.5, 0.6) is 0 Å². The first-order valence-electron chi connectivity index (χ1n) is 10.5. The number of nitriles is 1. The number of thiazole rings is 1. The second-order valence-corrected chi connectivity index (χ2v) is 8.19. The van der Waals surface area contributed by atoms with E-state index in [0.29, 0.717) is 31.4 Å². The third kappa shape index (κ3) is 5.85. The zero-order valence-electron chi connectivity index (χ0n) is 18.7. The molecule has 1 fully saturated rings. The quantitative estimate of drug-likeness (QED) is 0.345. The third-order valence-electron chi connectivity index (χ3n) is 4.72. The summed E-state index contributed by atoms with van der Waals surface area (Å²) in [6.45, 7) is 4.68. The molecule has 34 heavy (non-hydrogen) atoms. The summed E-state index contributed by atoms with van der Waals surface area (Å²) in [5, 5.41) is 20.3. The molecule has 3 amide bonds. The normalized spacial score (nSPS) is 14.9. The first kappa shape index (κ1) is 24.6. The minimum absolute atomic E-state index is 0.0437. The zero-order chi connectivity index (χ0) is 24.7. The van der Waals surface area contributed by atoms with Crippen LogP contribution in [0.2, 0.25) is 0 Å². The second kappa shape index (κ2) is 11.2. The van der Waals surface area contributed by atoms with E-state index in [1.165, 1.54) is 10.8 Å². The molecule has 178 valence electrons. The summed E-state index contributed by atoms with van der Waals surface area (Å²) in [6, 6.07) is 6.84. The van der Waals surface area contributed by atoms with E-state index in [4.69, 9.17) is 0 Å². The van der Waals surface area contributed by atoms with Crippen LogP contribution in [0.15, 0.2) is 23.0 Å². The molecule has 12 nitrogen and oxygen atoms in total. The van der Waals surface area contributed by atoms with Crippen LogP contribution in [0.1, 0.15) is 13.8 Å². The standard InChI is InChI=1S/C21H24N8O4S/c1-3-23-19(32)13(8-22)21-29(4-2)20(33)14(34-21)9-24-15-6-5-7-16(26-15)27-18(31)11-28-10-17(30)25-12-28/h5-7,9H,3-4,10-12H2,1-2H3,(H,23,32)(H,25,30)(H2,24,26,27,31)/b14-9+,21-13-. The predicted molar refractivity (Wildman–Crippen MR) is 127 cm³/mol. The first-order chi connectivity index (χ1) is 16.4. The van der Waals surface area contributed by atoms with E-state index in [0.717, 1.165) is 11.3 Å². The third-order valence-corrected chi connectivity index (χ3v) is 5.85. The van der Waals surface area contributed by atoms with Gasteiger partial charge < -0.3 is 21.3 Å². The fraction of sp³-hybridized carbons (Fsp3) is 0.333. The smallest absolute Gasteiger partial charge is 0.270 e. The van der Waals surface area contributed by atoms with Gasteiger partial charge in [-0.1, -0.05) is 6.07 Å². The monoisotopic (exact) mass is 484 g/mol. The van der Waals surface area contributed by atoms with Gasteiger partial charge in [0.2, 0.25) is 11.8 Å². The van der Waals surface area contributed by atoms with Crippen molar-refractivity contribution < 1.29 is 14.4 Å². The molecule has 0 aliphatic carbocycles. The minimum Gasteiger partial charge on any atom is -0.352 e. The Balaban J connectivity index is 1.81. The molecule has 1 saturated heterocycles. The topological polar surface area (TPSA) is 161 Å². The van der Waals surface area contributed by atoms with Gasteiger partial charge in [-0.25, -0.2) is 4.98 Å². The zero-order valence-corrected chi connectivity index (χ0v) is 19.5. The van der Waals surface area contributed by atoms with Crippen molar-refractivity contribution in [1.82, 2.24) is 25.1 Å². The van der Waals surface area contributed by atoms with Crippen molar-refractivity contribution in [2.45, 2.75) is 20.4 Å². The van der Waals surface area contributed by atoms with Gasteiger partial charge in [-0.3, -0.25) is 28.6 Å². The summed E-state index contributed by atoms with van der Waals surface area (Å²) < 4.78 is 1.93. The molecule has 3 rings (SSSR count). The summed E-state index contributed by atoms with van der Waals surface area (Å²) in [7, 11) is 0. The molecule has 1 aliphatic heterocycles. The maximum absolute atomic E-state index is 12.8. The van der Waals surface area contributed by atoms with Gasteiger partial charge in [0.15, 0.2) is 5.57 Å². The van der Waals surface area contributed by atoms with Crippen LogP contribution in [0.25, 0.3) is 11.8 Å². The van der Waals surface area contributed by atoms with E-state index in [1.807, 2.05) is 6.07 Å². The minimum atomic E-state index is -0.535. The first-order valence-corrected chi connectivity index (χ1v) is 11.3. The Morgan fingerprint density at radius 2 is 2.06 bits per heavy atom. The number of hydrogen-bond donors (Lipinski definition) is 4. The molecule has 0 unspecified atom stereocenters. The van der Waals surface area contributed by atoms with E-state index in [1.54, 1.807) is 36.9 Å². The van der Waals surface area contributed by atoms with E-state index in [2.05, 4.69) is 26.3 Å². The summed E-state index contributed by atoms with van der Waals surface area (Å²) >= 11 is 1.03. The number of rotatable bonds is 8. The molecule has 2 aromatic heterocycles. The summed E-state index contributed by atoms with van der Waals surface area (Å²) in [5.74, 6) is -0.301. The van der Waals surface area contributed by atoms with Crippen LogP contribution in [-0.2, 0) is 20.9 Å². The number of carbonyl (C=O) groups is 3. The van der Waals surface area contributed by atoms with Crippen LogP contribution in [0.3, 0.4) is 0 Å². The van der Waals surface area contributed by atoms with Gasteiger partial charge in [-0.2, -0.15) is 5.26 Å². The second-order valence-electron chi connectivity index (χ2n) is 7.16. The highest BCUT2D eigenvalue weighted by Crippen LogP contribution is 2.09. The van der Waals surface area contributed by atoms with Crippen LogP contribution in [0, 0.1) is 11.3 Å². The van der Waals surface area contributed by atoms with Gasteiger partial charge in [0.1, 0.15) is 26.9 Å². The largest absolute Gasteiger partial charge is 0.352 e. The fourth-order valence-electron chi connectivity index (χ4n) is 3.17. The van der Waals surface area contributed by atoms with Crippen molar-refractivity contribution >= 4 is 52.5 Å². The summed E-state index contributed by atoms with van der Waals surface area (Å²) in [4.78, 5) is 54.4. The number of nitrogens with zero attached hydrogens (tertiary/aromatic N) is 4. The van der Waals surface area contributed by atoms with Gasteiger partial charge in [0.25, 0.3) is 11.5 Å². The Morgan fingerprint density at radius 3 is 2.71 bits per heavy atom. The molecule has 0 spiro atoms. The van der Waals surface area contributed by atoms with Crippen LogP contribution < -0.4 is 36.0 Å². The number of nitrogens with one attached hydrogen (secondary N) is 4. The number of anilines is 2. The molecule has 0 radical (unpaired) electrons. The molecular weight excluding hydrogens is 460 g/mol. The molecule has 3 heterocycles. The van der Waals surface area contributed by atoms with Gasteiger partial charge in [0, 0.05) is 19.3 Å². The lowest BCUT2D eigenvalue weighted by molar-refractivity contribution is -0.119. The van der Waals surface area contributed by atoms with Crippen LogP contribution >= 0.6 is 11.3 Å². The molecule has 2 aromatic rings. The van der Waals surface area contributed by atoms with E-state index in [-0.39, 0.29) is 45.2 Å². The number of hydrogen-bond acceptors (Lipinski definition) is 9. The highest BCUT2D eigenvalue weighted by atomic mass is 32.1. The van der Waals surface area contributed by atoms with Crippen molar-refractivity contribution in [1.29, 1.82) is 5.26 Å². The van der Waals surface area contributed by atoms with E-state index >= 15 is 0 Å². The predicted octanol–water partition coefficient (Wildman–Crippen LogP) is -1.69. The van der Waals surface area contributed by atoms with Gasteiger partial charge in [-0.15, -0.1) is 11.3 Å². The van der Waals surface area contributed by atoms with Crippen molar-refractivity contribution in [2.75, 3.05) is 36.9 Å². The lowest BCUT2D eigenvalue weighted by Gasteiger charge is -2.12. The summed E-state index contributed by atoms with van der Waals surface area (Å²) in [5.41, 5.74) is -0.464. The fourth-order valence-corrected chi connectivity index (χ4v) is 4.26. The van der Waals surface area contributed by atoms with Crippen molar-refractivity contribution in [2.24, 2.45) is 0 Å². The molecular formula is C21H24N8O4S. The van der Waals surface area contributed by atoms with Crippen LogP contribution in [0.4, 0.5) is 11.6 Å². The highest BCUT2D eigenvalue weighted by Gasteiger charge is 2.20. The number of amides is 3. The molecule has 4 N–H and O–H groups in total. The van der Waals surface area contributed by atoms with Crippen molar-refractivity contribution in [3.05, 3.63) is 37.7 Å². The Kier molecular flexibility index (Phi) is 8.12. The lowest BCUT2D eigenvalue weighted by Crippen LogP contribution is -2.34. The van der Waals surface area contributed by atoms with Crippen LogP contribution in [-0.4, -0.2) is 58.5 Å². The maximum atomic E-state index is 12.8. The molecule has 0 aromatic carbocycles. The lowest BCUT2D eigenvalue weighted by atomic mass is 10.3. The summed E-state index contributed by atoms with van der Waals surface area (Å²) in [6.07, 6.45) is 1.45. The number of pyridine rings is 1. The Hall–Kier alpha value is -4.02. The SMILES string of the molecule is CCNC(=O)/C(C#N)=c1\s/c(=C/Nc2cccc(NC(=O)CN3CNC(=O)C3)n2)c(=O)n1CC. The molecule has 0 bridgehead atoms. The van der Waals surface area contributed by atoms with E-state index < -0.39 is 5.91 Å². The number of aromatic nitrogens is 2. The Morgan fingerprint density at radius 1 is 1.29 bits per heavy atom. The van der Waals surface area contributed by atoms with Gasteiger partial charge in [-0.05, 0) is 26.0 Å². The molecule has 0 atom stereocenters. The van der Waals surface area contributed by atoms with Gasteiger partial charge >= 0.3 is 0 Å². The van der Waals surface area contributed by atoms with E-state index in [9.17, 15) is 24.4 Å². The molecule has 13 heteroatoms. The van der Waals surface area contributed by atoms with Crippen molar-refractivity contribution in [3.8, 4) is 6.07 Å². The highest BCUT2D eigenvalue weighted by molar-refractivity contribution is 7.07. The Labute approximate surface area is 198 Å². The average Bonchev–Trinajstić information content (AvgIpc) is 3.35. The number of carbonyl (C=O) groups excluding carboxylic acids is 3. The Bertz CT molecular complexity index is 1320. The average molecular weight is 485 g/mol. The van der Waals surface area contributed by atoms with Crippen molar-refractivity contribution in [3.63, 3.8) is 0 Å². The van der Waals surface area contributed by atoms with Gasteiger partial charge in [0.05, 0.1) is 19.8 Å². The molecule has 1 aliphatic rings.